The molecule has 4 aromatic carbocycles. The van der Waals surface area contributed by atoms with Crippen LogP contribution in [0.2, 0.25) is 10.0 Å². The third kappa shape index (κ3) is 4.42. The number of anilines is 1. The van der Waals surface area contributed by atoms with E-state index in [4.69, 9.17) is 23.2 Å². The summed E-state index contributed by atoms with van der Waals surface area (Å²) in [5.74, 6) is -2.76. The highest BCUT2D eigenvalue weighted by atomic mass is 35.5. The smallest absolute Gasteiger partial charge is 0.277 e. The van der Waals surface area contributed by atoms with Crippen LogP contribution in [0.15, 0.2) is 60.7 Å². The van der Waals surface area contributed by atoms with Crippen molar-refractivity contribution in [3.05, 3.63) is 110 Å². The highest BCUT2D eigenvalue weighted by molar-refractivity contribution is 6.40. The average Bonchev–Trinajstić information content (AvgIpc) is 3.30. The van der Waals surface area contributed by atoms with Gasteiger partial charge in [-0.15, -0.1) is 0 Å². The second-order valence-electron chi connectivity index (χ2n) is 10.4. The SMILES string of the molecule is Cc1ccc(-c2ccc(N3C(=O)c4cc(Cl)c(-c5cc6c(cc5Cl)C(=O)N(C)C6=O)cc4C3=O)cc2C(F)(F)F)c(C)c1. The van der Waals surface area contributed by atoms with Crippen LogP contribution in [0.5, 0.6) is 0 Å². The number of carbonyl (C=O) groups is 4. The lowest BCUT2D eigenvalue weighted by Crippen LogP contribution is -2.29. The minimum Gasteiger partial charge on any atom is -0.277 e. The molecule has 0 bridgehead atoms. The lowest BCUT2D eigenvalue weighted by molar-refractivity contribution is -0.137. The van der Waals surface area contributed by atoms with E-state index in [2.05, 4.69) is 0 Å². The number of aryl methyl sites for hydroxylation is 2. The highest BCUT2D eigenvalue weighted by Gasteiger charge is 2.41. The average molecular weight is 623 g/mol. The van der Waals surface area contributed by atoms with Crippen molar-refractivity contribution >= 4 is 52.5 Å². The van der Waals surface area contributed by atoms with E-state index in [1.807, 2.05) is 6.92 Å². The van der Waals surface area contributed by atoms with Gasteiger partial charge in [0.05, 0.1) is 33.5 Å². The van der Waals surface area contributed by atoms with Gasteiger partial charge in [0, 0.05) is 28.2 Å². The van der Waals surface area contributed by atoms with Crippen molar-refractivity contribution in [3.8, 4) is 22.3 Å². The number of amides is 4. The molecular formula is C32H19Cl2F3N2O4. The lowest BCUT2D eigenvalue weighted by atomic mass is 9.94. The van der Waals surface area contributed by atoms with E-state index in [0.717, 1.165) is 16.5 Å². The van der Waals surface area contributed by atoms with Gasteiger partial charge in [-0.2, -0.15) is 13.2 Å². The standard InChI is InChI=1S/C32H19Cl2F3N2O4/c1-14-4-6-17(15(2)8-14)18-7-5-16(9-25(18)32(35,36)37)39-30(42)22-11-20(27(34)13-24(22)31(39)43)19-10-21-23(12-26(19)33)29(41)38(3)28(21)40/h4-13H,1-3H3. The molecule has 0 aliphatic carbocycles. The summed E-state index contributed by atoms with van der Waals surface area (Å²) in [6.07, 6.45) is -4.78. The van der Waals surface area contributed by atoms with E-state index in [1.54, 1.807) is 25.1 Å². The molecule has 0 fully saturated rings. The number of rotatable bonds is 3. The Kier molecular flexibility index (Phi) is 6.52. The third-order valence-corrected chi connectivity index (χ3v) is 8.31. The van der Waals surface area contributed by atoms with Crippen molar-refractivity contribution in [1.29, 1.82) is 0 Å². The van der Waals surface area contributed by atoms with Crippen LogP contribution in [0.25, 0.3) is 22.3 Å². The number of imide groups is 2. The van der Waals surface area contributed by atoms with Crippen LogP contribution in [-0.4, -0.2) is 35.6 Å². The summed E-state index contributed by atoms with van der Waals surface area (Å²) < 4.78 is 42.9. The van der Waals surface area contributed by atoms with E-state index in [0.29, 0.717) is 16.0 Å². The van der Waals surface area contributed by atoms with Gasteiger partial charge >= 0.3 is 6.18 Å². The molecular weight excluding hydrogens is 604 g/mol. The molecule has 4 amide bonds. The molecule has 11 heteroatoms. The highest BCUT2D eigenvalue weighted by Crippen LogP contribution is 2.44. The monoisotopic (exact) mass is 622 g/mol. The first-order valence-corrected chi connectivity index (χ1v) is 13.6. The first kappa shape index (κ1) is 28.6. The quantitative estimate of drug-likeness (QED) is 0.217. The molecule has 0 saturated carbocycles. The van der Waals surface area contributed by atoms with Crippen LogP contribution < -0.4 is 4.90 Å². The molecule has 0 aromatic heterocycles. The number of carbonyl (C=O) groups excluding carboxylic acids is 4. The van der Waals surface area contributed by atoms with E-state index in [9.17, 15) is 32.3 Å². The Morgan fingerprint density at radius 2 is 1.07 bits per heavy atom. The number of fused-ring (bicyclic) bond motifs is 2. The molecule has 0 spiro atoms. The summed E-state index contributed by atoms with van der Waals surface area (Å²) in [6.45, 7) is 3.54. The fourth-order valence-corrected chi connectivity index (χ4v) is 6.08. The minimum atomic E-state index is -4.78. The van der Waals surface area contributed by atoms with Crippen LogP contribution in [0.3, 0.4) is 0 Å². The summed E-state index contributed by atoms with van der Waals surface area (Å²) in [5, 5.41) is 0.0809. The summed E-state index contributed by atoms with van der Waals surface area (Å²) in [5.41, 5.74) is 1.01. The van der Waals surface area contributed by atoms with Crippen molar-refractivity contribution in [3.63, 3.8) is 0 Å². The second kappa shape index (κ2) is 9.79. The molecule has 0 saturated heterocycles. The van der Waals surface area contributed by atoms with E-state index >= 15 is 0 Å². The summed E-state index contributed by atoms with van der Waals surface area (Å²) >= 11 is 13.0. The Hall–Kier alpha value is -4.47. The molecule has 2 heterocycles. The maximum atomic E-state index is 14.3. The van der Waals surface area contributed by atoms with Crippen LogP contribution in [0.4, 0.5) is 18.9 Å². The molecule has 4 aromatic rings. The van der Waals surface area contributed by atoms with Crippen molar-refractivity contribution in [2.45, 2.75) is 20.0 Å². The number of alkyl halides is 3. The van der Waals surface area contributed by atoms with Gasteiger partial charge < -0.3 is 0 Å². The van der Waals surface area contributed by atoms with E-state index < -0.39 is 35.4 Å². The fourth-order valence-electron chi connectivity index (χ4n) is 5.54. The normalized spacial score (nSPS) is 14.6. The maximum Gasteiger partial charge on any atom is 0.417 e. The predicted molar refractivity (Wildman–Crippen MR) is 156 cm³/mol. The minimum absolute atomic E-state index is 0.00917. The molecule has 2 aliphatic rings. The van der Waals surface area contributed by atoms with Gasteiger partial charge in [-0.25, -0.2) is 4.90 Å². The topological polar surface area (TPSA) is 74.8 Å². The van der Waals surface area contributed by atoms with Crippen molar-refractivity contribution in [2.75, 3.05) is 11.9 Å². The summed E-state index contributed by atoms with van der Waals surface area (Å²) in [6, 6.07) is 13.7. The first-order valence-electron chi connectivity index (χ1n) is 12.9. The van der Waals surface area contributed by atoms with E-state index in [1.165, 1.54) is 43.4 Å². The molecule has 2 aliphatic heterocycles. The zero-order valence-electron chi connectivity index (χ0n) is 22.7. The molecule has 6 rings (SSSR count). The van der Waals surface area contributed by atoms with Gasteiger partial charge in [0.15, 0.2) is 0 Å². The van der Waals surface area contributed by atoms with Gasteiger partial charge in [0.2, 0.25) is 0 Å². The summed E-state index contributed by atoms with van der Waals surface area (Å²) in [7, 11) is 1.33. The molecule has 0 N–H and O–H groups in total. The van der Waals surface area contributed by atoms with Gasteiger partial charge in [-0.1, -0.05) is 53.0 Å². The van der Waals surface area contributed by atoms with Crippen molar-refractivity contribution in [1.82, 2.24) is 4.90 Å². The molecule has 0 radical (unpaired) electrons. The van der Waals surface area contributed by atoms with Gasteiger partial charge in [-0.05, 0) is 66.9 Å². The third-order valence-electron chi connectivity index (χ3n) is 7.68. The number of halogens is 5. The lowest BCUT2D eigenvalue weighted by Gasteiger charge is -2.20. The number of hydrogen-bond acceptors (Lipinski definition) is 4. The van der Waals surface area contributed by atoms with Crippen LogP contribution in [0.1, 0.15) is 58.1 Å². The van der Waals surface area contributed by atoms with Crippen LogP contribution in [-0.2, 0) is 6.18 Å². The molecule has 0 unspecified atom stereocenters. The van der Waals surface area contributed by atoms with Crippen LogP contribution in [0, 0.1) is 13.8 Å². The first-order chi connectivity index (χ1) is 20.2. The molecule has 6 nitrogen and oxygen atoms in total. The molecule has 43 heavy (non-hydrogen) atoms. The van der Waals surface area contributed by atoms with Crippen molar-refractivity contribution < 1.29 is 32.3 Å². The zero-order chi connectivity index (χ0) is 31.1. The predicted octanol–water partition coefficient (Wildman–Crippen LogP) is 7.99. The van der Waals surface area contributed by atoms with E-state index in [-0.39, 0.29) is 54.7 Å². The Labute approximate surface area is 253 Å². The van der Waals surface area contributed by atoms with Crippen molar-refractivity contribution in [2.24, 2.45) is 0 Å². The van der Waals surface area contributed by atoms with Gasteiger partial charge in [-0.3, -0.25) is 24.1 Å². The number of benzene rings is 4. The fraction of sp³-hybridized carbons (Fsp3) is 0.125. The Bertz CT molecular complexity index is 1970. The largest absolute Gasteiger partial charge is 0.417 e. The second-order valence-corrected chi connectivity index (χ2v) is 11.2. The number of nitrogens with zero attached hydrogens (tertiary/aromatic N) is 2. The molecule has 216 valence electrons. The van der Waals surface area contributed by atoms with Gasteiger partial charge in [0.25, 0.3) is 23.6 Å². The molecule has 0 atom stereocenters. The summed E-state index contributed by atoms with van der Waals surface area (Å²) in [4.78, 5) is 53.5. The Morgan fingerprint density at radius 1 is 0.581 bits per heavy atom. The van der Waals surface area contributed by atoms with Crippen LogP contribution >= 0.6 is 23.2 Å². The zero-order valence-corrected chi connectivity index (χ0v) is 24.2. The Balaban J connectivity index is 1.44. The maximum absolute atomic E-state index is 14.3. The Morgan fingerprint density at radius 3 is 1.60 bits per heavy atom. The number of hydrogen-bond donors (Lipinski definition) is 0. The van der Waals surface area contributed by atoms with Gasteiger partial charge in [0.1, 0.15) is 0 Å².